The molecule has 1 aromatic heterocycles. The van der Waals surface area contributed by atoms with Crippen LogP contribution in [0.25, 0.3) is 0 Å². The normalized spacial score (nSPS) is 20.8. The predicted molar refractivity (Wildman–Crippen MR) is 119 cm³/mol. The Bertz CT molecular complexity index is 847. The molecule has 0 saturated carbocycles. The van der Waals surface area contributed by atoms with E-state index >= 15 is 0 Å². The van der Waals surface area contributed by atoms with Crippen molar-refractivity contribution in [3.8, 4) is 0 Å². The monoisotopic (exact) mass is 431 g/mol. The summed E-state index contributed by atoms with van der Waals surface area (Å²) in [5.74, 6) is 0.00729. The quantitative estimate of drug-likeness (QED) is 0.779. The lowest BCUT2D eigenvalue weighted by atomic mass is 9.87. The SMILES string of the molecule is CC1CCCCN1C(=O)c1ccc(NC(=O)C2(n3cccn3)CCNCC2)cc1.Cl. The highest BCUT2D eigenvalue weighted by molar-refractivity contribution is 5.98. The third-order valence-corrected chi connectivity index (χ3v) is 6.25. The van der Waals surface area contributed by atoms with Crippen LogP contribution in [0.15, 0.2) is 42.7 Å². The first-order valence-electron chi connectivity index (χ1n) is 10.5. The van der Waals surface area contributed by atoms with Crippen LogP contribution in [0, 0.1) is 0 Å². The van der Waals surface area contributed by atoms with Crippen molar-refractivity contribution in [2.45, 2.75) is 50.6 Å². The van der Waals surface area contributed by atoms with Crippen molar-refractivity contribution in [2.24, 2.45) is 0 Å². The van der Waals surface area contributed by atoms with E-state index in [1.165, 1.54) is 6.42 Å². The molecule has 4 rings (SSSR count). The van der Waals surface area contributed by atoms with Crippen LogP contribution < -0.4 is 10.6 Å². The van der Waals surface area contributed by atoms with Gasteiger partial charge in [0.1, 0.15) is 5.54 Å². The molecule has 0 radical (unpaired) electrons. The van der Waals surface area contributed by atoms with E-state index in [-0.39, 0.29) is 30.3 Å². The van der Waals surface area contributed by atoms with Gasteiger partial charge in [0.15, 0.2) is 0 Å². The largest absolute Gasteiger partial charge is 0.336 e. The van der Waals surface area contributed by atoms with Crippen LogP contribution >= 0.6 is 12.4 Å². The molecule has 2 aliphatic rings. The molecule has 2 N–H and O–H groups in total. The Balaban J connectivity index is 0.00000256. The number of aromatic nitrogens is 2. The molecule has 7 nitrogen and oxygen atoms in total. The van der Waals surface area contributed by atoms with Crippen molar-refractivity contribution in [3.63, 3.8) is 0 Å². The minimum atomic E-state index is -0.688. The van der Waals surface area contributed by atoms with Gasteiger partial charge < -0.3 is 15.5 Å². The van der Waals surface area contributed by atoms with E-state index in [9.17, 15) is 9.59 Å². The highest BCUT2D eigenvalue weighted by Crippen LogP contribution is 2.29. The molecular formula is C22H30ClN5O2. The number of hydrogen-bond acceptors (Lipinski definition) is 4. The molecule has 2 aliphatic heterocycles. The number of likely N-dealkylation sites (tertiary alicyclic amines) is 1. The Morgan fingerprint density at radius 3 is 2.53 bits per heavy atom. The summed E-state index contributed by atoms with van der Waals surface area (Å²) in [6, 6.07) is 9.38. The number of carbonyl (C=O) groups is 2. The lowest BCUT2D eigenvalue weighted by Gasteiger charge is -2.36. The molecule has 0 aliphatic carbocycles. The maximum absolute atomic E-state index is 13.2. The average molecular weight is 432 g/mol. The Morgan fingerprint density at radius 1 is 1.17 bits per heavy atom. The first-order valence-corrected chi connectivity index (χ1v) is 10.5. The zero-order chi connectivity index (χ0) is 20.3. The van der Waals surface area contributed by atoms with Gasteiger partial charge in [-0.05, 0) is 82.4 Å². The van der Waals surface area contributed by atoms with Crippen LogP contribution in [-0.4, -0.2) is 52.2 Å². The summed E-state index contributed by atoms with van der Waals surface area (Å²) in [5.41, 5.74) is 0.677. The molecule has 2 amide bonds. The second-order valence-corrected chi connectivity index (χ2v) is 8.11. The van der Waals surface area contributed by atoms with Crippen molar-refractivity contribution < 1.29 is 9.59 Å². The van der Waals surface area contributed by atoms with E-state index in [4.69, 9.17) is 0 Å². The molecule has 2 saturated heterocycles. The molecule has 1 aromatic carbocycles. The second kappa shape index (κ2) is 9.62. The molecule has 8 heteroatoms. The first-order chi connectivity index (χ1) is 14.1. The van der Waals surface area contributed by atoms with Crippen LogP contribution in [-0.2, 0) is 10.3 Å². The zero-order valence-electron chi connectivity index (χ0n) is 17.3. The van der Waals surface area contributed by atoms with Gasteiger partial charge in [-0.3, -0.25) is 14.3 Å². The maximum atomic E-state index is 13.2. The lowest BCUT2D eigenvalue weighted by molar-refractivity contribution is -0.126. The smallest absolute Gasteiger partial charge is 0.254 e. The number of hydrogen-bond donors (Lipinski definition) is 2. The number of rotatable bonds is 4. The summed E-state index contributed by atoms with van der Waals surface area (Å²) in [7, 11) is 0. The first kappa shape index (κ1) is 22.3. The number of nitrogens with one attached hydrogen (secondary N) is 2. The maximum Gasteiger partial charge on any atom is 0.254 e. The van der Waals surface area contributed by atoms with E-state index < -0.39 is 5.54 Å². The van der Waals surface area contributed by atoms with Gasteiger partial charge in [-0.1, -0.05) is 0 Å². The standard InChI is InChI=1S/C22H29N5O2.ClH/c1-17-5-2-3-15-26(17)20(28)18-6-8-19(9-7-18)25-21(29)22(10-13-23-14-11-22)27-16-4-12-24-27;/h4,6-9,12,16-17,23H,2-3,5,10-11,13-15H2,1H3,(H,25,29);1H. The Hall–Kier alpha value is -2.38. The van der Waals surface area contributed by atoms with E-state index in [1.54, 1.807) is 10.9 Å². The summed E-state index contributed by atoms with van der Waals surface area (Å²) >= 11 is 0. The minimum Gasteiger partial charge on any atom is -0.336 e. The van der Waals surface area contributed by atoms with Gasteiger partial charge in [-0.2, -0.15) is 5.10 Å². The Kier molecular flexibility index (Phi) is 7.15. The fraction of sp³-hybridized carbons (Fsp3) is 0.500. The van der Waals surface area contributed by atoms with Gasteiger partial charge >= 0.3 is 0 Å². The summed E-state index contributed by atoms with van der Waals surface area (Å²) in [6.45, 7) is 4.47. The molecule has 2 fully saturated rings. The van der Waals surface area contributed by atoms with Gasteiger partial charge in [0, 0.05) is 36.2 Å². The number of piperidine rings is 2. The molecule has 3 heterocycles. The number of benzene rings is 1. The topological polar surface area (TPSA) is 79.3 Å². The van der Waals surface area contributed by atoms with E-state index in [0.717, 1.165) is 32.5 Å². The molecular weight excluding hydrogens is 402 g/mol. The summed E-state index contributed by atoms with van der Waals surface area (Å²) in [4.78, 5) is 28.0. The highest BCUT2D eigenvalue weighted by atomic mass is 35.5. The Labute approximate surface area is 183 Å². The zero-order valence-corrected chi connectivity index (χ0v) is 18.2. The van der Waals surface area contributed by atoms with Gasteiger partial charge in [0.25, 0.3) is 11.8 Å². The van der Waals surface area contributed by atoms with Crippen LogP contribution in [0.5, 0.6) is 0 Å². The van der Waals surface area contributed by atoms with Crippen molar-refractivity contribution in [2.75, 3.05) is 25.0 Å². The van der Waals surface area contributed by atoms with E-state index in [0.29, 0.717) is 24.1 Å². The lowest BCUT2D eigenvalue weighted by Crippen LogP contribution is -2.52. The number of carbonyl (C=O) groups excluding carboxylic acids is 2. The third kappa shape index (κ3) is 4.37. The molecule has 30 heavy (non-hydrogen) atoms. The number of amides is 2. The fourth-order valence-corrected chi connectivity index (χ4v) is 4.43. The van der Waals surface area contributed by atoms with E-state index in [2.05, 4.69) is 22.7 Å². The minimum absolute atomic E-state index is 0. The van der Waals surface area contributed by atoms with Crippen LogP contribution in [0.1, 0.15) is 49.4 Å². The molecule has 0 spiro atoms. The van der Waals surface area contributed by atoms with E-state index in [1.807, 2.05) is 41.4 Å². The van der Waals surface area contributed by atoms with Crippen molar-refractivity contribution >= 4 is 29.9 Å². The molecule has 1 unspecified atom stereocenters. The third-order valence-electron chi connectivity index (χ3n) is 6.25. The second-order valence-electron chi connectivity index (χ2n) is 8.11. The van der Waals surface area contributed by atoms with Gasteiger partial charge in [0.2, 0.25) is 0 Å². The van der Waals surface area contributed by atoms with Gasteiger partial charge in [-0.25, -0.2) is 0 Å². The number of nitrogens with zero attached hydrogens (tertiary/aromatic N) is 3. The molecule has 1 atom stereocenters. The molecule has 162 valence electrons. The summed E-state index contributed by atoms with van der Waals surface area (Å²) < 4.78 is 1.78. The van der Waals surface area contributed by atoms with Crippen molar-refractivity contribution in [1.82, 2.24) is 20.0 Å². The van der Waals surface area contributed by atoms with Crippen LogP contribution in [0.2, 0.25) is 0 Å². The highest BCUT2D eigenvalue weighted by Gasteiger charge is 2.42. The van der Waals surface area contributed by atoms with Crippen molar-refractivity contribution in [1.29, 1.82) is 0 Å². The summed E-state index contributed by atoms with van der Waals surface area (Å²) in [5, 5.41) is 10.7. The summed E-state index contributed by atoms with van der Waals surface area (Å²) in [6.07, 6.45) is 8.24. The van der Waals surface area contributed by atoms with Crippen molar-refractivity contribution in [3.05, 3.63) is 48.3 Å². The average Bonchev–Trinajstić information content (AvgIpc) is 3.30. The molecule has 2 aromatic rings. The number of halogens is 1. The predicted octanol–water partition coefficient (Wildman–Crippen LogP) is 3.04. The van der Waals surface area contributed by atoms with Crippen LogP contribution in [0.4, 0.5) is 5.69 Å². The fourth-order valence-electron chi connectivity index (χ4n) is 4.43. The number of anilines is 1. The Morgan fingerprint density at radius 2 is 1.90 bits per heavy atom. The molecule has 0 bridgehead atoms. The van der Waals surface area contributed by atoms with Crippen LogP contribution in [0.3, 0.4) is 0 Å². The van der Waals surface area contributed by atoms with Gasteiger partial charge in [0.05, 0.1) is 0 Å². The van der Waals surface area contributed by atoms with Gasteiger partial charge in [-0.15, -0.1) is 12.4 Å².